The van der Waals surface area contributed by atoms with Gasteiger partial charge in [0.1, 0.15) is 0 Å². The Morgan fingerprint density at radius 3 is 2.40 bits per heavy atom. The zero-order valence-corrected chi connectivity index (χ0v) is 11.6. The van der Waals surface area contributed by atoms with Crippen molar-refractivity contribution in [3.8, 4) is 0 Å². The summed E-state index contributed by atoms with van der Waals surface area (Å²) in [5.41, 5.74) is 5.42. The van der Waals surface area contributed by atoms with Crippen LogP contribution in [0.1, 0.15) is 0 Å². The summed E-state index contributed by atoms with van der Waals surface area (Å²) in [5.74, 6) is -0.780. The highest BCUT2D eigenvalue weighted by Crippen LogP contribution is 2.13. The standard InChI is InChI=1S/C12H15ClN4O3/c1-17(11(19)6-15-12(14)20)7-10(18)16-9-4-2-8(13)3-5-9/h2-5H,6-7H2,1H3,(H,16,18)(H3,14,15,20). The van der Waals surface area contributed by atoms with E-state index >= 15 is 0 Å². The SMILES string of the molecule is CN(CC(=O)Nc1ccc(Cl)cc1)C(=O)CNC(N)=O. The average Bonchev–Trinajstić information content (AvgIpc) is 2.38. The molecule has 0 bridgehead atoms. The molecule has 0 atom stereocenters. The van der Waals surface area contributed by atoms with Gasteiger partial charge in [-0.3, -0.25) is 9.59 Å². The first kappa shape index (κ1) is 15.8. The summed E-state index contributed by atoms with van der Waals surface area (Å²) in [4.78, 5) is 34.9. The number of likely N-dealkylation sites (N-methyl/N-ethyl adjacent to an activating group) is 1. The summed E-state index contributed by atoms with van der Waals surface area (Å²) in [6.45, 7) is -0.387. The van der Waals surface area contributed by atoms with Crippen LogP contribution in [0.15, 0.2) is 24.3 Å². The molecule has 0 heterocycles. The molecule has 20 heavy (non-hydrogen) atoms. The first-order valence-corrected chi connectivity index (χ1v) is 6.09. The van der Waals surface area contributed by atoms with Crippen LogP contribution < -0.4 is 16.4 Å². The monoisotopic (exact) mass is 298 g/mol. The van der Waals surface area contributed by atoms with Crippen LogP contribution in [0.4, 0.5) is 10.5 Å². The van der Waals surface area contributed by atoms with E-state index in [-0.39, 0.29) is 19.0 Å². The molecule has 8 heteroatoms. The van der Waals surface area contributed by atoms with Crippen LogP contribution in [-0.4, -0.2) is 42.9 Å². The van der Waals surface area contributed by atoms with Crippen LogP contribution in [0.5, 0.6) is 0 Å². The molecule has 4 amide bonds. The normalized spacial score (nSPS) is 9.70. The lowest BCUT2D eigenvalue weighted by Crippen LogP contribution is -2.42. The number of anilines is 1. The van der Waals surface area contributed by atoms with Gasteiger partial charge in [0.05, 0.1) is 13.1 Å². The van der Waals surface area contributed by atoms with E-state index in [0.29, 0.717) is 10.7 Å². The van der Waals surface area contributed by atoms with Crippen molar-refractivity contribution in [3.63, 3.8) is 0 Å². The molecule has 0 radical (unpaired) electrons. The number of hydrogen-bond donors (Lipinski definition) is 3. The van der Waals surface area contributed by atoms with Crippen LogP contribution >= 0.6 is 11.6 Å². The number of nitrogens with zero attached hydrogens (tertiary/aromatic N) is 1. The lowest BCUT2D eigenvalue weighted by atomic mass is 10.3. The van der Waals surface area contributed by atoms with Gasteiger partial charge >= 0.3 is 6.03 Å². The molecule has 0 aromatic heterocycles. The maximum absolute atomic E-state index is 11.7. The zero-order valence-electron chi connectivity index (χ0n) is 10.9. The number of primary amides is 1. The van der Waals surface area contributed by atoms with Gasteiger partial charge in [-0.25, -0.2) is 4.79 Å². The average molecular weight is 299 g/mol. The zero-order chi connectivity index (χ0) is 15.1. The predicted molar refractivity (Wildman–Crippen MR) is 75.3 cm³/mol. The molecule has 1 aromatic carbocycles. The van der Waals surface area contributed by atoms with E-state index in [9.17, 15) is 14.4 Å². The van der Waals surface area contributed by atoms with Crippen molar-refractivity contribution in [1.82, 2.24) is 10.2 Å². The second-order valence-corrected chi connectivity index (χ2v) is 4.46. The van der Waals surface area contributed by atoms with Crippen LogP contribution in [0.3, 0.4) is 0 Å². The smallest absolute Gasteiger partial charge is 0.312 e. The van der Waals surface area contributed by atoms with E-state index in [0.717, 1.165) is 0 Å². The molecule has 0 aliphatic heterocycles. The van der Waals surface area contributed by atoms with E-state index < -0.39 is 11.9 Å². The lowest BCUT2D eigenvalue weighted by molar-refractivity contribution is -0.132. The summed E-state index contributed by atoms with van der Waals surface area (Å²) in [6, 6.07) is 5.79. The Morgan fingerprint density at radius 2 is 1.85 bits per heavy atom. The Kier molecular flexibility index (Phi) is 5.79. The van der Waals surface area contributed by atoms with Crippen molar-refractivity contribution < 1.29 is 14.4 Å². The van der Waals surface area contributed by atoms with Crippen molar-refractivity contribution >= 4 is 35.1 Å². The largest absolute Gasteiger partial charge is 0.352 e. The molecule has 0 aliphatic rings. The molecule has 1 rings (SSSR count). The van der Waals surface area contributed by atoms with Crippen molar-refractivity contribution in [3.05, 3.63) is 29.3 Å². The minimum atomic E-state index is -0.794. The molecule has 7 nitrogen and oxygen atoms in total. The summed E-state index contributed by atoms with van der Waals surface area (Å²) in [5, 5.41) is 5.34. The van der Waals surface area contributed by atoms with Gasteiger partial charge in [-0.15, -0.1) is 0 Å². The fraction of sp³-hybridized carbons (Fsp3) is 0.250. The lowest BCUT2D eigenvalue weighted by Gasteiger charge is -2.16. The maximum Gasteiger partial charge on any atom is 0.312 e. The number of nitrogens with two attached hydrogens (primary N) is 1. The summed E-state index contributed by atoms with van der Waals surface area (Å²) >= 11 is 5.72. The number of halogens is 1. The van der Waals surface area contributed by atoms with E-state index in [1.54, 1.807) is 24.3 Å². The van der Waals surface area contributed by atoms with Crippen molar-refractivity contribution in [2.24, 2.45) is 5.73 Å². The Morgan fingerprint density at radius 1 is 1.25 bits per heavy atom. The van der Waals surface area contributed by atoms with Crippen LogP contribution in [0.25, 0.3) is 0 Å². The Labute approximate surface area is 121 Å². The van der Waals surface area contributed by atoms with E-state index in [2.05, 4.69) is 10.6 Å². The highest BCUT2D eigenvalue weighted by molar-refractivity contribution is 6.30. The number of hydrogen-bond acceptors (Lipinski definition) is 3. The fourth-order valence-electron chi connectivity index (χ4n) is 1.34. The molecular weight excluding hydrogens is 284 g/mol. The first-order chi connectivity index (χ1) is 9.38. The van der Waals surface area contributed by atoms with Crippen molar-refractivity contribution in [2.75, 3.05) is 25.5 Å². The molecule has 0 aliphatic carbocycles. The molecule has 4 N–H and O–H groups in total. The topological polar surface area (TPSA) is 105 Å². The number of amides is 4. The Hall–Kier alpha value is -2.28. The number of benzene rings is 1. The van der Waals surface area contributed by atoms with Crippen LogP contribution in [-0.2, 0) is 9.59 Å². The maximum atomic E-state index is 11.7. The van der Waals surface area contributed by atoms with E-state index in [1.165, 1.54) is 11.9 Å². The molecule has 1 aromatic rings. The van der Waals surface area contributed by atoms with Gasteiger partial charge < -0.3 is 21.3 Å². The highest BCUT2D eigenvalue weighted by atomic mass is 35.5. The Bertz CT molecular complexity index is 504. The third-order valence-electron chi connectivity index (χ3n) is 2.35. The van der Waals surface area contributed by atoms with Gasteiger partial charge in [-0.05, 0) is 24.3 Å². The molecule has 0 unspecified atom stereocenters. The van der Waals surface area contributed by atoms with Crippen LogP contribution in [0, 0.1) is 0 Å². The van der Waals surface area contributed by atoms with Crippen LogP contribution in [0.2, 0.25) is 5.02 Å². The number of nitrogens with one attached hydrogen (secondary N) is 2. The van der Waals surface area contributed by atoms with Gasteiger partial charge in [-0.1, -0.05) is 11.6 Å². The van der Waals surface area contributed by atoms with E-state index in [1.807, 2.05) is 0 Å². The second-order valence-electron chi connectivity index (χ2n) is 4.02. The number of rotatable bonds is 5. The Balaban J connectivity index is 2.43. The van der Waals surface area contributed by atoms with Gasteiger partial charge in [0.2, 0.25) is 11.8 Å². The number of carbonyl (C=O) groups is 3. The van der Waals surface area contributed by atoms with Gasteiger partial charge in [0.25, 0.3) is 0 Å². The first-order valence-electron chi connectivity index (χ1n) is 5.71. The number of carbonyl (C=O) groups excluding carboxylic acids is 3. The second kappa shape index (κ2) is 7.34. The van der Waals surface area contributed by atoms with Crippen molar-refractivity contribution in [1.29, 1.82) is 0 Å². The third-order valence-corrected chi connectivity index (χ3v) is 2.60. The molecule has 0 fully saturated rings. The summed E-state index contributed by atoms with van der Waals surface area (Å²) < 4.78 is 0. The quantitative estimate of drug-likeness (QED) is 0.733. The minimum absolute atomic E-state index is 0.137. The predicted octanol–water partition coefficient (Wildman–Crippen LogP) is 0.405. The third kappa shape index (κ3) is 5.57. The van der Waals surface area contributed by atoms with Gasteiger partial charge in [0, 0.05) is 17.8 Å². The van der Waals surface area contributed by atoms with Gasteiger partial charge in [-0.2, -0.15) is 0 Å². The van der Waals surface area contributed by atoms with Gasteiger partial charge in [0.15, 0.2) is 0 Å². The molecule has 108 valence electrons. The molecule has 0 saturated heterocycles. The fourth-order valence-corrected chi connectivity index (χ4v) is 1.46. The molecule has 0 spiro atoms. The van der Waals surface area contributed by atoms with Crippen molar-refractivity contribution in [2.45, 2.75) is 0 Å². The highest BCUT2D eigenvalue weighted by Gasteiger charge is 2.13. The minimum Gasteiger partial charge on any atom is -0.352 e. The number of urea groups is 1. The summed E-state index contributed by atoms with van der Waals surface area (Å²) in [6.07, 6.45) is 0. The molecular formula is C12H15ClN4O3. The molecule has 0 saturated carbocycles. The summed E-state index contributed by atoms with van der Waals surface area (Å²) in [7, 11) is 1.45. The van der Waals surface area contributed by atoms with E-state index in [4.69, 9.17) is 17.3 Å².